The summed E-state index contributed by atoms with van der Waals surface area (Å²) in [7, 11) is 0. The predicted octanol–water partition coefficient (Wildman–Crippen LogP) is 6.19. The van der Waals surface area contributed by atoms with E-state index in [1.807, 2.05) is 26.0 Å². The molecule has 5 heteroatoms. The summed E-state index contributed by atoms with van der Waals surface area (Å²) in [4.78, 5) is 42.4. The molecule has 0 radical (unpaired) electrons. The molecule has 0 aromatic carbocycles. The summed E-state index contributed by atoms with van der Waals surface area (Å²) >= 11 is 0. The van der Waals surface area contributed by atoms with Gasteiger partial charge >= 0.3 is 0 Å². The quantitative estimate of drug-likeness (QED) is 0.416. The summed E-state index contributed by atoms with van der Waals surface area (Å²) in [6.45, 7) is 14.2. The van der Waals surface area contributed by atoms with E-state index in [1.54, 1.807) is 0 Å². The third kappa shape index (κ3) is 3.07. The summed E-state index contributed by atoms with van der Waals surface area (Å²) in [6, 6.07) is 2.46. The molecule has 1 amide bonds. The van der Waals surface area contributed by atoms with Gasteiger partial charge in [-0.25, -0.2) is 0 Å². The first-order chi connectivity index (χ1) is 17.7. The molecule has 8 atom stereocenters. The number of ketones is 2. The van der Waals surface area contributed by atoms with Crippen molar-refractivity contribution in [3.63, 3.8) is 0 Å². The van der Waals surface area contributed by atoms with Gasteiger partial charge < -0.3 is 4.90 Å². The minimum Gasteiger partial charge on any atom is -0.340 e. The number of amides is 1. The molecule has 3 saturated carbocycles. The van der Waals surface area contributed by atoms with E-state index in [1.165, 1.54) is 0 Å². The molecule has 1 saturated heterocycles. The summed E-state index contributed by atoms with van der Waals surface area (Å²) in [5.41, 5.74) is 0.0506. The van der Waals surface area contributed by atoms with Gasteiger partial charge in [-0.1, -0.05) is 53.2 Å². The number of hydrogen-bond donors (Lipinski definition) is 0. The van der Waals surface area contributed by atoms with Crippen LogP contribution in [0.25, 0.3) is 0 Å². The van der Waals surface area contributed by atoms with Crippen molar-refractivity contribution in [2.45, 2.75) is 105 Å². The molecular weight excluding hydrogens is 472 g/mol. The van der Waals surface area contributed by atoms with Gasteiger partial charge in [0.05, 0.1) is 5.57 Å². The maximum Gasteiger partial charge on any atom is 0.222 e. The lowest BCUT2D eigenvalue weighted by molar-refractivity contribution is -0.166. The fourth-order valence-corrected chi connectivity index (χ4v) is 10.9. The lowest BCUT2D eigenvalue weighted by Gasteiger charge is -2.68. The van der Waals surface area contributed by atoms with Crippen LogP contribution in [0.1, 0.15) is 99.3 Å². The second-order valence-corrected chi connectivity index (χ2v) is 15.2. The van der Waals surface area contributed by atoms with Gasteiger partial charge in [-0.2, -0.15) is 5.26 Å². The Morgan fingerprint density at radius 1 is 0.974 bits per heavy atom. The van der Waals surface area contributed by atoms with Crippen LogP contribution in [0.3, 0.4) is 0 Å². The van der Waals surface area contributed by atoms with Gasteiger partial charge in [0.25, 0.3) is 0 Å². The third-order valence-electron chi connectivity index (χ3n) is 13.3. The van der Waals surface area contributed by atoms with Crippen molar-refractivity contribution in [2.24, 2.45) is 44.8 Å². The highest BCUT2D eigenvalue weighted by Crippen LogP contribution is 2.73. The number of nitriles is 1. The summed E-state index contributed by atoms with van der Waals surface area (Å²) in [5, 5.41) is 9.89. The molecule has 5 aliphatic carbocycles. The fourth-order valence-electron chi connectivity index (χ4n) is 10.9. The van der Waals surface area contributed by atoms with Crippen LogP contribution in [0.15, 0.2) is 23.3 Å². The molecule has 4 fully saturated rings. The van der Waals surface area contributed by atoms with Crippen LogP contribution >= 0.6 is 0 Å². The number of allylic oxidation sites excluding steroid dienone is 4. The van der Waals surface area contributed by atoms with Crippen molar-refractivity contribution in [3.05, 3.63) is 23.3 Å². The Balaban J connectivity index is 1.45. The van der Waals surface area contributed by atoms with Crippen LogP contribution in [0.4, 0.5) is 0 Å². The molecule has 0 bridgehead atoms. The molecule has 1 aliphatic heterocycles. The highest BCUT2D eigenvalue weighted by Gasteiger charge is 2.69. The monoisotopic (exact) mass is 516 g/mol. The Morgan fingerprint density at radius 2 is 1.71 bits per heavy atom. The van der Waals surface area contributed by atoms with E-state index in [0.29, 0.717) is 12.3 Å². The van der Waals surface area contributed by atoms with Crippen molar-refractivity contribution in [1.29, 1.82) is 5.26 Å². The Morgan fingerprint density at radius 3 is 2.37 bits per heavy atom. The van der Waals surface area contributed by atoms with Crippen molar-refractivity contribution < 1.29 is 14.4 Å². The van der Waals surface area contributed by atoms with Gasteiger partial charge in [0, 0.05) is 35.8 Å². The van der Waals surface area contributed by atoms with Gasteiger partial charge in [-0.05, 0) is 85.5 Å². The van der Waals surface area contributed by atoms with Crippen molar-refractivity contribution in [1.82, 2.24) is 4.90 Å². The van der Waals surface area contributed by atoms with Crippen molar-refractivity contribution >= 4 is 17.5 Å². The number of likely N-dealkylation sites (tertiary alicyclic amines) is 1. The summed E-state index contributed by atoms with van der Waals surface area (Å²) in [5.74, 6) is 0.774. The van der Waals surface area contributed by atoms with E-state index in [9.17, 15) is 19.6 Å². The van der Waals surface area contributed by atoms with Crippen LogP contribution in [-0.2, 0) is 14.4 Å². The first-order valence-electron chi connectivity index (χ1n) is 15.0. The van der Waals surface area contributed by atoms with Crippen LogP contribution in [0.5, 0.6) is 0 Å². The van der Waals surface area contributed by atoms with Crippen LogP contribution in [0.2, 0.25) is 0 Å². The highest BCUT2D eigenvalue weighted by molar-refractivity contribution is 6.04. The maximum absolute atomic E-state index is 14.4. The number of fused-ring (bicyclic) bond motifs is 7. The molecule has 0 spiro atoms. The van der Waals surface area contributed by atoms with Gasteiger partial charge in [-0.15, -0.1) is 0 Å². The largest absolute Gasteiger partial charge is 0.340 e. The normalized spacial score (nSPS) is 47.7. The Labute approximate surface area is 228 Å². The zero-order chi connectivity index (χ0) is 27.5. The van der Waals surface area contributed by atoms with E-state index in [2.05, 4.69) is 38.7 Å². The molecule has 6 rings (SSSR count). The van der Waals surface area contributed by atoms with E-state index in [0.717, 1.165) is 63.5 Å². The topological polar surface area (TPSA) is 78.2 Å². The molecule has 0 aromatic heterocycles. The maximum atomic E-state index is 14.4. The SMILES string of the molecule is CC1(C)C(=O)C(C#N)=C[C@]2(C)C3=CC(=O)[C@@H]4[C@@H]5C[C@@H](N6CCCC6=O)CC[C@]5(C)CC[C@@]4(C)[C@]3(C)CC[C@@H]12. The zero-order valence-corrected chi connectivity index (χ0v) is 24.2. The molecule has 38 heavy (non-hydrogen) atoms. The highest BCUT2D eigenvalue weighted by atomic mass is 16.2. The molecule has 6 aliphatic rings. The summed E-state index contributed by atoms with van der Waals surface area (Å²) in [6.07, 6.45) is 12.6. The van der Waals surface area contributed by atoms with Gasteiger partial charge in [0.15, 0.2) is 11.6 Å². The minimum atomic E-state index is -0.637. The minimum absolute atomic E-state index is 0.0479. The molecule has 0 unspecified atom stereocenters. The summed E-state index contributed by atoms with van der Waals surface area (Å²) < 4.78 is 0. The zero-order valence-electron chi connectivity index (χ0n) is 24.2. The average Bonchev–Trinajstić information content (AvgIpc) is 3.29. The molecule has 5 nitrogen and oxygen atoms in total. The smallest absolute Gasteiger partial charge is 0.222 e. The number of carbonyl (C=O) groups excluding carboxylic acids is 3. The van der Waals surface area contributed by atoms with E-state index in [4.69, 9.17) is 0 Å². The van der Waals surface area contributed by atoms with E-state index >= 15 is 0 Å². The van der Waals surface area contributed by atoms with Crippen molar-refractivity contribution in [2.75, 3.05) is 6.54 Å². The van der Waals surface area contributed by atoms with Crippen molar-refractivity contribution in [3.8, 4) is 6.07 Å². The number of carbonyl (C=O) groups is 3. The van der Waals surface area contributed by atoms with Gasteiger partial charge in [0.1, 0.15) is 6.07 Å². The number of nitrogens with zero attached hydrogens (tertiary/aromatic N) is 2. The predicted molar refractivity (Wildman–Crippen MR) is 146 cm³/mol. The third-order valence-corrected chi connectivity index (χ3v) is 13.3. The van der Waals surface area contributed by atoms with Gasteiger partial charge in [0.2, 0.25) is 5.91 Å². The van der Waals surface area contributed by atoms with E-state index < -0.39 is 10.8 Å². The lowest BCUT2D eigenvalue weighted by atomic mass is 9.35. The first kappa shape index (κ1) is 26.0. The second-order valence-electron chi connectivity index (χ2n) is 15.2. The van der Waals surface area contributed by atoms with Crippen LogP contribution in [-0.4, -0.2) is 35.0 Å². The van der Waals surface area contributed by atoms with Crippen LogP contribution in [0, 0.1) is 56.2 Å². The molecule has 1 heterocycles. The van der Waals surface area contributed by atoms with E-state index in [-0.39, 0.29) is 57.2 Å². The molecular formula is C33H44N2O3. The first-order valence-corrected chi connectivity index (χ1v) is 15.0. The standard InChI is InChI=1S/C33H44N2O3/c1-29(2)24-10-12-32(5)25(31(24,4)18-20(19-34)28(29)38)17-23(36)27-22-16-21(35-15-7-8-26(35)37)9-11-30(22,3)13-14-33(27,32)6/h17-18,21-22,24,27H,7-16H2,1-6H3/t21-,22-,24-,27-,30+,31-,32+,33+/m0/s1. The Hall–Kier alpha value is -2.22. The average molecular weight is 517 g/mol. The Kier molecular flexibility index (Phi) is 5.43. The number of rotatable bonds is 1. The number of hydrogen-bond acceptors (Lipinski definition) is 4. The molecule has 204 valence electrons. The molecule has 0 N–H and O–H groups in total. The second kappa shape index (κ2) is 7.92. The number of Topliss-reactive ketones (excluding diaryl/α,β-unsaturated/α-hetero) is 1. The fraction of sp³-hybridized carbons (Fsp3) is 0.758. The van der Waals surface area contributed by atoms with Gasteiger partial charge in [-0.3, -0.25) is 14.4 Å². The Bertz CT molecular complexity index is 1240. The van der Waals surface area contributed by atoms with Crippen LogP contribution < -0.4 is 0 Å². The molecule has 0 aromatic rings. The lowest BCUT2D eigenvalue weighted by Crippen LogP contribution is -2.64.